The van der Waals surface area contributed by atoms with Crippen LogP contribution in [0.1, 0.15) is 30.9 Å². The lowest BCUT2D eigenvalue weighted by Gasteiger charge is -2.29. The van der Waals surface area contributed by atoms with E-state index in [-0.39, 0.29) is 5.41 Å². The molecular formula is C14H20Cl2. The van der Waals surface area contributed by atoms with Crippen LogP contribution in [0, 0.1) is 12.3 Å². The summed E-state index contributed by atoms with van der Waals surface area (Å²) in [4.78, 5) is 0. The molecule has 0 N–H and O–H groups in total. The van der Waals surface area contributed by atoms with Gasteiger partial charge in [-0.2, -0.15) is 0 Å². The molecule has 0 unspecified atom stereocenters. The van der Waals surface area contributed by atoms with Gasteiger partial charge in [-0.25, -0.2) is 0 Å². The molecule has 0 atom stereocenters. The maximum atomic E-state index is 6.10. The van der Waals surface area contributed by atoms with Crippen molar-refractivity contribution in [3.8, 4) is 0 Å². The van der Waals surface area contributed by atoms with Gasteiger partial charge in [-0.1, -0.05) is 43.2 Å². The Morgan fingerprint density at radius 2 is 1.62 bits per heavy atom. The Morgan fingerprint density at radius 1 is 1.06 bits per heavy atom. The zero-order valence-electron chi connectivity index (χ0n) is 10.1. The summed E-state index contributed by atoms with van der Waals surface area (Å²) in [6.45, 7) is 4.29. The maximum absolute atomic E-state index is 6.10. The molecule has 0 nitrogen and oxygen atoms in total. The highest BCUT2D eigenvalue weighted by Gasteiger charge is 2.27. The van der Waals surface area contributed by atoms with E-state index in [1.165, 1.54) is 11.1 Å². The summed E-state index contributed by atoms with van der Waals surface area (Å²) >= 11 is 12.2. The van der Waals surface area contributed by atoms with Crippen LogP contribution in [-0.2, 0) is 6.42 Å². The van der Waals surface area contributed by atoms with Gasteiger partial charge in [0.15, 0.2) is 0 Å². The summed E-state index contributed by atoms with van der Waals surface area (Å²) in [5.41, 5.74) is 2.69. The number of rotatable bonds is 6. The van der Waals surface area contributed by atoms with E-state index >= 15 is 0 Å². The Labute approximate surface area is 109 Å². The van der Waals surface area contributed by atoms with E-state index in [2.05, 4.69) is 38.1 Å². The topological polar surface area (TPSA) is 0 Å². The smallest absolute Gasteiger partial charge is 0.0294 e. The Morgan fingerprint density at radius 3 is 2.06 bits per heavy atom. The van der Waals surface area contributed by atoms with Gasteiger partial charge >= 0.3 is 0 Å². The molecule has 1 aromatic rings. The zero-order valence-corrected chi connectivity index (χ0v) is 11.6. The summed E-state index contributed by atoms with van der Waals surface area (Å²) in [6, 6.07) is 8.65. The average Bonchev–Trinajstić information content (AvgIpc) is 2.31. The number of halogens is 2. The summed E-state index contributed by atoms with van der Waals surface area (Å²) in [6.07, 6.45) is 3.20. The van der Waals surface area contributed by atoms with Gasteiger partial charge in [-0.05, 0) is 25.3 Å². The first-order valence-corrected chi connectivity index (χ1v) is 6.90. The van der Waals surface area contributed by atoms with E-state index in [9.17, 15) is 0 Å². The van der Waals surface area contributed by atoms with Crippen LogP contribution in [0.3, 0.4) is 0 Å². The minimum Gasteiger partial charge on any atom is -0.126 e. The highest BCUT2D eigenvalue weighted by molar-refractivity contribution is 6.21. The van der Waals surface area contributed by atoms with Crippen molar-refractivity contribution in [3.63, 3.8) is 0 Å². The molecule has 0 aliphatic carbocycles. The van der Waals surface area contributed by atoms with Crippen LogP contribution in [0.25, 0.3) is 0 Å². The first-order valence-electron chi connectivity index (χ1n) is 5.83. The number of benzene rings is 1. The highest BCUT2D eigenvalue weighted by Crippen LogP contribution is 2.31. The largest absolute Gasteiger partial charge is 0.126 e. The number of aryl methyl sites for hydroxylation is 1. The molecular weight excluding hydrogens is 239 g/mol. The van der Waals surface area contributed by atoms with E-state index in [1.54, 1.807) is 0 Å². The quantitative estimate of drug-likeness (QED) is 0.643. The van der Waals surface area contributed by atoms with Crippen molar-refractivity contribution < 1.29 is 0 Å². The van der Waals surface area contributed by atoms with Crippen molar-refractivity contribution in [1.82, 2.24) is 0 Å². The predicted octanol–water partition coefficient (Wildman–Crippen LogP) is 4.80. The Bertz CT molecular complexity index is 299. The Kier molecular flexibility index (Phi) is 5.64. The summed E-state index contributed by atoms with van der Waals surface area (Å²) in [7, 11) is 0. The van der Waals surface area contributed by atoms with Gasteiger partial charge in [-0.3, -0.25) is 0 Å². The molecule has 0 radical (unpaired) electrons. The van der Waals surface area contributed by atoms with Gasteiger partial charge in [0.1, 0.15) is 0 Å². The van der Waals surface area contributed by atoms with Crippen molar-refractivity contribution in [2.45, 2.75) is 33.1 Å². The number of hydrogen-bond acceptors (Lipinski definition) is 0. The maximum Gasteiger partial charge on any atom is 0.0294 e. The summed E-state index contributed by atoms with van der Waals surface area (Å²) < 4.78 is 0. The Hall–Kier alpha value is -0.200. The SMILES string of the molecule is CCCC(CCl)(CCl)Cc1ccc(C)cc1. The first-order chi connectivity index (χ1) is 7.65. The highest BCUT2D eigenvalue weighted by atomic mass is 35.5. The lowest BCUT2D eigenvalue weighted by molar-refractivity contribution is 0.341. The fourth-order valence-electron chi connectivity index (χ4n) is 2.02. The third kappa shape index (κ3) is 3.68. The van der Waals surface area contributed by atoms with Gasteiger partial charge in [0, 0.05) is 17.2 Å². The summed E-state index contributed by atoms with van der Waals surface area (Å²) in [5.74, 6) is 1.27. The van der Waals surface area contributed by atoms with Crippen LogP contribution in [-0.4, -0.2) is 11.8 Å². The normalized spacial score (nSPS) is 11.8. The Balaban J connectivity index is 2.78. The average molecular weight is 259 g/mol. The molecule has 2 heteroatoms. The molecule has 0 heterocycles. The van der Waals surface area contributed by atoms with Crippen LogP contribution < -0.4 is 0 Å². The monoisotopic (exact) mass is 258 g/mol. The third-order valence-electron chi connectivity index (χ3n) is 3.05. The molecule has 90 valence electrons. The molecule has 0 aliphatic heterocycles. The van der Waals surface area contributed by atoms with E-state index in [4.69, 9.17) is 23.2 Å². The van der Waals surface area contributed by atoms with Crippen LogP contribution in [0.4, 0.5) is 0 Å². The second kappa shape index (κ2) is 6.51. The minimum atomic E-state index is 0.0626. The minimum absolute atomic E-state index is 0.0626. The lowest BCUT2D eigenvalue weighted by Crippen LogP contribution is -2.27. The molecule has 0 fully saturated rings. The molecule has 1 aromatic carbocycles. The van der Waals surface area contributed by atoms with Crippen molar-refractivity contribution in [3.05, 3.63) is 35.4 Å². The number of alkyl halides is 2. The molecule has 0 aromatic heterocycles. The fraction of sp³-hybridized carbons (Fsp3) is 0.571. The van der Waals surface area contributed by atoms with Crippen molar-refractivity contribution >= 4 is 23.2 Å². The molecule has 0 saturated carbocycles. The molecule has 0 aliphatic rings. The standard InChI is InChI=1S/C14H20Cl2/c1-3-8-14(10-15,11-16)9-13-6-4-12(2)5-7-13/h4-7H,3,8-11H2,1-2H3. The van der Waals surface area contributed by atoms with Crippen LogP contribution in [0.15, 0.2) is 24.3 Å². The predicted molar refractivity (Wildman–Crippen MR) is 73.7 cm³/mol. The van der Waals surface area contributed by atoms with Gasteiger partial charge < -0.3 is 0 Å². The van der Waals surface area contributed by atoms with Crippen LogP contribution in [0.2, 0.25) is 0 Å². The molecule has 1 rings (SSSR count). The van der Waals surface area contributed by atoms with Gasteiger partial charge in [-0.15, -0.1) is 23.2 Å². The third-order valence-corrected chi connectivity index (χ3v) is 4.18. The van der Waals surface area contributed by atoms with E-state index in [0.29, 0.717) is 11.8 Å². The van der Waals surface area contributed by atoms with Crippen LogP contribution in [0.5, 0.6) is 0 Å². The molecule has 0 amide bonds. The van der Waals surface area contributed by atoms with Crippen molar-refractivity contribution in [2.75, 3.05) is 11.8 Å². The summed E-state index contributed by atoms with van der Waals surface area (Å²) in [5, 5.41) is 0. The number of hydrogen-bond donors (Lipinski definition) is 0. The second-order valence-electron chi connectivity index (χ2n) is 4.68. The van der Waals surface area contributed by atoms with Crippen molar-refractivity contribution in [1.29, 1.82) is 0 Å². The van der Waals surface area contributed by atoms with E-state index in [0.717, 1.165) is 19.3 Å². The fourth-order valence-corrected chi connectivity index (χ4v) is 2.76. The molecule has 0 spiro atoms. The van der Waals surface area contributed by atoms with E-state index in [1.807, 2.05) is 0 Å². The van der Waals surface area contributed by atoms with Gasteiger partial charge in [0.05, 0.1) is 0 Å². The molecule has 0 bridgehead atoms. The lowest BCUT2D eigenvalue weighted by atomic mass is 9.81. The second-order valence-corrected chi connectivity index (χ2v) is 5.21. The molecule has 16 heavy (non-hydrogen) atoms. The zero-order chi connectivity index (χ0) is 12.0. The van der Waals surface area contributed by atoms with Gasteiger partial charge in [0.2, 0.25) is 0 Å². The van der Waals surface area contributed by atoms with Crippen LogP contribution >= 0.6 is 23.2 Å². The molecule has 0 saturated heterocycles. The van der Waals surface area contributed by atoms with Crippen molar-refractivity contribution in [2.24, 2.45) is 5.41 Å². The first kappa shape index (κ1) is 13.9. The van der Waals surface area contributed by atoms with Gasteiger partial charge in [0.25, 0.3) is 0 Å². The van der Waals surface area contributed by atoms with E-state index < -0.39 is 0 Å².